The number of carbonyl (C=O) groups is 1. The minimum Gasteiger partial charge on any atom is -0.361 e. The summed E-state index contributed by atoms with van der Waals surface area (Å²) in [5, 5.41) is 3.98. The molecule has 22 heavy (non-hydrogen) atoms. The van der Waals surface area contributed by atoms with Gasteiger partial charge in [0.05, 0.1) is 5.56 Å². The fourth-order valence-corrected chi connectivity index (χ4v) is 2.84. The van der Waals surface area contributed by atoms with Gasteiger partial charge in [-0.1, -0.05) is 18.2 Å². The first-order chi connectivity index (χ1) is 10.6. The maximum atomic E-state index is 13.2. The van der Waals surface area contributed by atoms with E-state index in [4.69, 9.17) is 0 Å². The van der Waals surface area contributed by atoms with Gasteiger partial charge in [0.25, 0.3) is 5.91 Å². The van der Waals surface area contributed by atoms with Crippen molar-refractivity contribution in [3.63, 3.8) is 0 Å². The van der Waals surface area contributed by atoms with Gasteiger partial charge in [-0.2, -0.15) is 0 Å². The summed E-state index contributed by atoms with van der Waals surface area (Å²) in [6.45, 7) is 0.490. The van der Waals surface area contributed by atoms with Crippen molar-refractivity contribution in [2.24, 2.45) is 0 Å². The number of H-pyrrole nitrogens is 1. The monoisotopic (exact) mass is 360 g/mol. The molecule has 0 saturated heterocycles. The number of carbonyl (C=O) groups excluding carboxylic acids is 1. The number of aromatic nitrogens is 1. The molecule has 112 valence electrons. The zero-order valence-corrected chi connectivity index (χ0v) is 13.3. The fraction of sp³-hybridized carbons (Fsp3) is 0.118. The summed E-state index contributed by atoms with van der Waals surface area (Å²) in [7, 11) is 0. The molecule has 1 heterocycles. The lowest BCUT2D eigenvalue weighted by Gasteiger charge is -2.07. The van der Waals surface area contributed by atoms with E-state index in [-0.39, 0.29) is 5.91 Å². The van der Waals surface area contributed by atoms with Gasteiger partial charge in [0.1, 0.15) is 5.82 Å². The third kappa shape index (κ3) is 3.04. The molecule has 2 N–H and O–H groups in total. The second-order valence-corrected chi connectivity index (χ2v) is 5.84. The standard InChI is InChI=1S/C17H14BrFN2O/c18-15-6-5-12(19)9-14(15)17(22)20-8-7-11-10-21-16-4-2-1-3-13(11)16/h1-6,9-10,21H,7-8H2,(H,20,22). The van der Waals surface area contributed by atoms with Crippen LogP contribution in [0.3, 0.4) is 0 Å². The lowest BCUT2D eigenvalue weighted by molar-refractivity contribution is 0.0953. The molecule has 5 heteroatoms. The first-order valence-electron chi connectivity index (χ1n) is 6.93. The Hall–Kier alpha value is -2.14. The number of amides is 1. The van der Waals surface area contributed by atoms with Gasteiger partial charge in [0.2, 0.25) is 0 Å². The molecule has 0 saturated carbocycles. The summed E-state index contributed by atoms with van der Waals surface area (Å²) in [6, 6.07) is 12.1. The van der Waals surface area contributed by atoms with E-state index >= 15 is 0 Å². The Labute approximate surface area is 135 Å². The molecule has 0 bridgehead atoms. The largest absolute Gasteiger partial charge is 0.361 e. The zero-order chi connectivity index (χ0) is 15.5. The van der Waals surface area contributed by atoms with Crippen molar-refractivity contribution >= 4 is 32.7 Å². The van der Waals surface area contributed by atoms with Gasteiger partial charge >= 0.3 is 0 Å². The van der Waals surface area contributed by atoms with Crippen LogP contribution in [-0.4, -0.2) is 17.4 Å². The molecule has 3 nitrogen and oxygen atoms in total. The summed E-state index contributed by atoms with van der Waals surface area (Å²) in [4.78, 5) is 15.3. The van der Waals surface area contributed by atoms with E-state index in [1.165, 1.54) is 18.2 Å². The molecule has 0 unspecified atom stereocenters. The number of nitrogens with one attached hydrogen (secondary N) is 2. The van der Waals surface area contributed by atoms with Crippen LogP contribution in [0.25, 0.3) is 10.9 Å². The molecule has 0 aliphatic heterocycles. The number of hydrogen-bond donors (Lipinski definition) is 2. The summed E-state index contributed by atoms with van der Waals surface area (Å²) in [5.74, 6) is -0.712. The average Bonchev–Trinajstić information content (AvgIpc) is 2.93. The zero-order valence-electron chi connectivity index (χ0n) is 11.7. The highest BCUT2D eigenvalue weighted by Gasteiger charge is 2.11. The van der Waals surface area contributed by atoms with Gasteiger partial charge in [-0.3, -0.25) is 4.79 Å². The molecule has 3 rings (SSSR count). The van der Waals surface area contributed by atoms with Crippen LogP contribution in [0, 0.1) is 5.82 Å². The number of benzene rings is 2. The van der Waals surface area contributed by atoms with E-state index in [1.807, 2.05) is 30.5 Å². The lowest BCUT2D eigenvalue weighted by Crippen LogP contribution is -2.26. The van der Waals surface area contributed by atoms with Crippen LogP contribution in [0.2, 0.25) is 0 Å². The first kappa shape index (κ1) is 14.8. The van der Waals surface area contributed by atoms with E-state index in [2.05, 4.69) is 26.2 Å². The van der Waals surface area contributed by atoms with Crippen molar-refractivity contribution in [3.8, 4) is 0 Å². The van der Waals surface area contributed by atoms with Gasteiger partial charge < -0.3 is 10.3 Å². The van der Waals surface area contributed by atoms with Crippen molar-refractivity contribution in [2.75, 3.05) is 6.54 Å². The number of rotatable bonds is 4. The van der Waals surface area contributed by atoms with Crippen LogP contribution in [0.5, 0.6) is 0 Å². The van der Waals surface area contributed by atoms with Crippen LogP contribution >= 0.6 is 15.9 Å². The molecule has 1 amide bonds. The molecule has 0 radical (unpaired) electrons. The SMILES string of the molecule is O=C(NCCc1c[nH]c2ccccc12)c1cc(F)ccc1Br. The molecule has 0 aliphatic carbocycles. The van der Waals surface area contributed by atoms with Gasteiger partial charge in [-0.25, -0.2) is 4.39 Å². The van der Waals surface area contributed by atoms with Crippen LogP contribution < -0.4 is 5.32 Å². The lowest BCUT2D eigenvalue weighted by atomic mass is 10.1. The summed E-state index contributed by atoms with van der Waals surface area (Å²) in [6.07, 6.45) is 2.66. The Morgan fingerprint density at radius 3 is 2.91 bits per heavy atom. The van der Waals surface area contributed by atoms with Crippen LogP contribution in [0.4, 0.5) is 4.39 Å². The van der Waals surface area contributed by atoms with Gasteiger partial charge in [0.15, 0.2) is 0 Å². The second kappa shape index (κ2) is 6.32. The van der Waals surface area contributed by atoms with Crippen molar-refractivity contribution in [1.29, 1.82) is 0 Å². The third-order valence-electron chi connectivity index (χ3n) is 3.53. The maximum Gasteiger partial charge on any atom is 0.252 e. The second-order valence-electron chi connectivity index (χ2n) is 4.99. The number of para-hydroxylation sites is 1. The molecule has 2 aromatic carbocycles. The molecule has 3 aromatic rings. The van der Waals surface area contributed by atoms with Crippen molar-refractivity contribution in [2.45, 2.75) is 6.42 Å². The van der Waals surface area contributed by atoms with E-state index < -0.39 is 5.82 Å². The Morgan fingerprint density at radius 1 is 1.23 bits per heavy atom. The highest BCUT2D eigenvalue weighted by Crippen LogP contribution is 2.19. The average molecular weight is 361 g/mol. The van der Waals surface area contributed by atoms with Crippen LogP contribution in [0.15, 0.2) is 53.1 Å². The van der Waals surface area contributed by atoms with Gasteiger partial charge in [-0.05, 0) is 52.2 Å². The maximum absolute atomic E-state index is 13.2. The molecule has 0 aliphatic rings. The number of fused-ring (bicyclic) bond motifs is 1. The molecule has 0 fully saturated rings. The summed E-state index contributed by atoms with van der Waals surface area (Å²) >= 11 is 3.26. The Bertz CT molecular complexity index is 828. The first-order valence-corrected chi connectivity index (χ1v) is 7.72. The summed E-state index contributed by atoms with van der Waals surface area (Å²) < 4.78 is 13.8. The van der Waals surface area contributed by atoms with E-state index in [9.17, 15) is 9.18 Å². The molecule has 0 atom stereocenters. The number of halogens is 2. The minimum absolute atomic E-state index is 0.286. The molecule has 0 spiro atoms. The van der Waals surface area contributed by atoms with E-state index in [1.54, 1.807) is 0 Å². The normalized spacial score (nSPS) is 10.8. The highest BCUT2D eigenvalue weighted by atomic mass is 79.9. The quantitative estimate of drug-likeness (QED) is 0.724. The van der Waals surface area contributed by atoms with Crippen molar-refractivity contribution < 1.29 is 9.18 Å². The Balaban J connectivity index is 1.65. The predicted octanol–water partition coefficient (Wildman–Crippen LogP) is 4.04. The van der Waals surface area contributed by atoms with Gasteiger partial charge in [-0.15, -0.1) is 0 Å². The molecule has 1 aromatic heterocycles. The Kier molecular flexibility index (Phi) is 4.24. The van der Waals surface area contributed by atoms with Crippen molar-refractivity contribution in [1.82, 2.24) is 10.3 Å². The minimum atomic E-state index is -0.426. The topological polar surface area (TPSA) is 44.9 Å². The number of aromatic amines is 1. The fourth-order valence-electron chi connectivity index (χ4n) is 2.42. The van der Waals surface area contributed by atoms with Crippen molar-refractivity contribution in [3.05, 3.63) is 70.1 Å². The Morgan fingerprint density at radius 2 is 2.05 bits per heavy atom. The van der Waals surface area contributed by atoms with Crippen LogP contribution in [-0.2, 0) is 6.42 Å². The van der Waals surface area contributed by atoms with E-state index in [0.29, 0.717) is 23.0 Å². The molecular formula is C17H14BrFN2O. The van der Waals surface area contributed by atoms with Gasteiger partial charge in [0, 0.05) is 28.1 Å². The third-order valence-corrected chi connectivity index (χ3v) is 4.22. The molecular weight excluding hydrogens is 347 g/mol. The smallest absolute Gasteiger partial charge is 0.252 e. The summed E-state index contributed by atoms with van der Waals surface area (Å²) in [5.41, 5.74) is 2.53. The predicted molar refractivity (Wildman–Crippen MR) is 88.4 cm³/mol. The van der Waals surface area contributed by atoms with E-state index in [0.717, 1.165) is 16.5 Å². The van der Waals surface area contributed by atoms with Crippen LogP contribution in [0.1, 0.15) is 15.9 Å². The highest BCUT2D eigenvalue weighted by molar-refractivity contribution is 9.10. The number of hydrogen-bond acceptors (Lipinski definition) is 1.